The van der Waals surface area contributed by atoms with E-state index in [1.54, 1.807) is 35.4 Å². The number of hydrogen-bond acceptors (Lipinski definition) is 8. The fourth-order valence-electron chi connectivity index (χ4n) is 3.89. The van der Waals surface area contributed by atoms with Crippen molar-refractivity contribution in [2.75, 3.05) is 19.8 Å². The molecule has 5 aromatic rings. The first-order chi connectivity index (χ1) is 19.7. The topological polar surface area (TPSA) is 193 Å². The summed E-state index contributed by atoms with van der Waals surface area (Å²) in [6.45, 7) is 0.504. The third kappa shape index (κ3) is 6.31. The lowest BCUT2D eigenvalue weighted by atomic mass is 10.0. The van der Waals surface area contributed by atoms with E-state index in [-0.39, 0.29) is 10.8 Å². The molecule has 0 saturated carbocycles. The van der Waals surface area contributed by atoms with Crippen molar-refractivity contribution < 1.29 is 31.5 Å². The molecule has 0 atom stereocenters. The first-order valence-electron chi connectivity index (χ1n) is 11.8. The van der Waals surface area contributed by atoms with Crippen molar-refractivity contribution in [2.24, 2.45) is 0 Å². The lowest BCUT2D eigenvalue weighted by molar-refractivity contribution is -0.192. The number of nitrogen functional groups attached to an aromatic ring is 1. The van der Waals surface area contributed by atoms with Gasteiger partial charge in [0.15, 0.2) is 0 Å². The van der Waals surface area contributed by atoms with Gasteiger partial charge in [-0.25, -0.2) is 17.5 Å². The van der Waals surface area contributed by atoms with Crippen LogP contribution in [0.15, 0.2) is 70.9 Å². The summed E-state index contributed by atoms with van der Waals surface area (Å²) in [6.07, 6.45) is 1.89. The van der Waals surface area contributed by atoms with Crippen LogP contribution in [0.2, 0.25) is 0 Å². The van der Waals surface area contributed by atoms with Gasteiger partial charge in [-0.1, -0.05) is 18.2 Å². The molecule has 1 aromatic carbocycles. The van der Waals surface area contributed by atoms with Gasteiger partial charge in [-0.2, -0.15) is 23.3 Å². The molecule has 0 radical (unpaired) electrons. The van der Waals surface area contributed by atoms with Crippen LogP contribution in [0, 0.1) is 0 Å². The lowest BCUT2D eigenvalue weighted by Crippen LogP contribution is -2.22. The number of aromatic nitrogens is 6. The Morgan fingerprint density at radius 3 is 2.33 bits per heavy atom. The predicted octanol–water partition coefficient (Wildman–Crippen LogP) is 2.69. The molecule has 0 fully saturated rings. The number of H-pyrrole nitrogens is 2. The van der Waals surface area contributed by atoms with Gasteiger partial charge < -0.3 is 15.8 Å². The number of benzene rings is 1. The van der Waals surface area contributed by atoms with E-state index < -0.39 is 27.7 Å². The van der Waals surface area contributed by atoms with Gasteiger partial charge in [0, 0.05) is 43.8 Å². The number of nitrogens with one attached hydrogen (secondary N) is 2. The average molecular weight is 605 g/mol. The number of sulfonamides is 1. The summed E-state index contributed by atoms with van der Waals surface area (Å²) in [5.41, 5.74) is 9.23. The standard InChI is InChI=1S/C23H22N8O3S.C2HF3O2/c1-30(2)35(33,34)17-7-5-15(6-8-17)20-18(19-21(27-20)28-23(24)29-22(19)32)16-11-26-31(13-16)12-14-4-3-9-25-10-14;3-2(4,5)1(6)7/h3-11,13H,12H2,1-2H3,(H4,24,27,28,29,32);(H,6,7). The zero-order valence-electron chi connectivity index (χ0n) is 21.9. The number of carboxylic acid groups (broad SMARTS) is 1. The molecule has 0 saturated heterocycles. The molecule has 0 amide bonds. The third-order valence-electron chi connectivity index (χ3n) is 5.83. The number of alkyl halides is 3. The van der Waals surface area contributed by atoms with Crippen LogP contribution in [0.1, 0.15) is 5.56 Å². The summed E-state index contributed by atoms with van der Waals surface area (Å²) >= 11 is 0. The van der Waals surface area contributed by atoms with Crippen molar-refractivity contribution >= 4 is 33.0 Å². The van der Waals surface area contributed by atoms with Gasteiger partial charge >= 0.3 is 12.1 Å². The molecule has 4 aromatic heterocycles. The fraction of sp³-hybridized carbons (Fsp3) is 0.160. The molecule has 0 aliphatic rings. The van der Waals surface area contributed by atoms with Crippen LogP contribution < -0.4 is 11.3 Å². The maximum atomic E-state index is 12.9. The largest absolute Gasteiger partial charge is 0.490 e. The Labute approximate surface area is 235 Å². The molecule has 0 aliphatic carbocycles. The maximum Gasteiger partial charge on any atom is 0.490 e. The molecule has 0 unspecified atom stereocenters. The van der Waals surface area contributed by atoms with Crippen molar-refractivity contribution in [2.45, 2.75) is 17.6 Å². The number of carboxylic acids is 1. The van der Waals surface area contributed by atoms with Crippen molar-refractivity contribution in [3.8, 4) is 22.4 Å². The van der Waals surface area contributed by atoms with Crippen LogP contribution in [-0.2, 0) is 21.4 Å². The van der Waals surface area contributed by atoms with Gasteiger partial charge in [0.1, 0.15) is 5.65 Å². The SMILES string of the molecule is CN(C)S(=O)(=O)c1ccc(-c2[nH]c3nc(N)[nH]c(=O)c3c2-c2cnn(Cc3cccnc3)c2)cc1.O=C(O)C(F)(F)F. The number of nitrogens with zero attached hydrogens (tertiary/aromatic N) is 5. The summed E-state index contributed by atoms with van der Waals surface area (Å²) < 4.78 is 59.6. The summed E-state index contributed by atoms with van der Waals surface area (Å²) in [5, 5.41) is 11.9. The number of fused-ring (bicyclic) bond motifs is 1. The van der Waals surface area contributed by atoms with E-state index in [0.717, 1.165) is 9.87 Å². The Hall–Kier alpha value is -5.03. The molecule has 4 heterocycles. The smallest absolute Gasteiger partial charge is 0.475 e. The molecule has 42 heavy (non-hydrogen) atoms. The van der Waals surface area contributed by atoms with Crippen LogP contribution in [0.25, 0.3) is 33.4 Å². The number of aromatic amines is 2. The number of anilines is 1. The molecular weight excluding hydrogens is 581 g/mol. The fourth-order valence-corrected chi connectivity index (χ4v) is 4.79. The van der Waals surface area contributed by atoms with Crippen molar-refractivity contribution in [3.05, 3.63) is 77.1 Å². The van der Waals surface area contributed by atoms with E-state index >= 15 is 0 Å². The second-order valence-corrected chi connectivity index (χ2v) is 11.1. The number of pyridine rings is 1. The number of halogens is 3. The molecule has 13 nitrogen and oxygen atoms in total. The second kappa shape index (κ2) is 11.5. The Kier molecular flexibility index (Phi) is 8.17. The highest BCUT2D eigenvalue weighted by Gasteiger charge is 2.38. The summed E-state index contributed by atoms with van der Waals surface area (Å²) in [6, 6.07) is 10.2. The average Bonchev–Trinajstić information content (AvgIpc) is 3.53. The highest BCUT2D eigenvalue weighted by Crippen LogP contribution is 2.36. The number of rotatable bonds is 6. The molecule has 220 valence electrons. The van der Waals surface area contributed by atoms with E-state index in [1.165, 1.54) is 26.2 Å². The Morgan fingerprint density at radius 2 is 1.76 bits per heavy atom. The normalized spacial score (nSPS) is 11.9. The Bertz CT molecular complexity index is 1900. The van der Waals surface area contributed by atoms with Gasteiger partial charge in [0.25, 0.3) is 5.56 Å². The van der Waals surface area contributed by atoms with E-state index in [2.05, 4.69) is 25.0 Å². The van der Waals surface area contributed by atoms with Gasteiger partial charge in [-0.05, 0) is 29.3 Å². The van der Waals surface area contributed by atoms with Crippen LogP contribution in [0.3, 0.4) is 0 Å². The minimum absolute atomic E-state index is 0.0125. The number of carbonyl (C=O) groups is 1. The highest BCUT2D eigenvalue weighted by molar-refractivity contribution is 7.89. The summed E-state index contributed by atoms with van der Waals surface area (Å²) in [4.78, 5) is 36.0. The van der Waals surface area contributed by atoms with Gasteiger partial charge in [0.2, 0.25) is 16.0 Å². The van der Waals surface area contributed by atoms with E-state index in [9.17, 15) is 26.4 Å². The lowest BCUT2D eigenvalue weighted by Gasteiger charge is -2.11. The maximum absolute atomic E-state index is 12.9. The predicted molar refractivity (Wildman–Crippen MR) is 146 cm³/mol. The summed E-state index contributed by atoms with van der Waals surface area (Å²) in [7, 11) is -0.627. The quantitative estimate of drug-likeness (QED) is 0.225. The van der Waals surface area contributed by atoms with Crippen LogP contribution in [0.4, 0.5) is 19.1 Å². The second-order valence-electron chi connectivity index (χ2n) is 8.95. The number of nitrogens with two attached hydrogens (primary N) is 1. The first-order valence-corrected chi connectivity index (χ1v) is 13.3. The van der Waals surface area contributed by atoms with E-state index in [4.69, 9.17) is 15.6 Å². The summed E-state index contributed by atoms with van der Waals surface area (Å²) in [5.74, 6) is -2.77. The van der Waals surface area contributed by atoms with Crippen molar-refractivity contribution in [1.29, 1.82) is 0 Å². The Morgan fingerprint density at radius 1 is 1.10 bits per heavy atom. The first kappa shape index (κ1) is 29.9. The molecule has 0 spiro atoms. The van der Waals surface area contributed by atoms with Crippen LogP contribution in [-0.4, -0.2) is 73.8 Å². The zero-order chi connectivity index (χ0) is 30.8. The van der Waals surface area contributed by atoms with Crippen LogP contribution in [0.5, 0.6) is 0 Å². The molecule has 5 N–H and O–H groups in total. The molecule has 0 bridgehead atoms. The van der Waals surface area contributed by atoms with E-state index in [0.29, 0.717) is 40.0 Å². The monoisotopic (exact) mass is 604 g/mol. The van der Waals surface area contributed by atoms with Gasteiger partial charge in [0.05, 0.1) is 28.7 Å². The molecule has 5 rings (SSSR count). The molecular formula is C25H23F3N8O5S. The number of aliphatic carboxylic acids is 1. The van der Waals surface area contributed by atoms with Crippen molar-refractivity contribution in [1.82, 2.24) is 34.0 Å². The van der Waals surface area contributed by atoms with Crippen molar-refractivity contribution in [3.63, 3.8) is 0 Å². The molecule has 0 aliphatic heterocycles. The number of hydrogen-bond donors (Lipinski definition) is 4. The third-order valence-corrected chi connectivity index (χ3v) is 7.66. The van der Waals surface area contributed by atoms with Gasteiger partial charge in [-0.15, -0.1) is 0 Å². The van der Waals surface area contributed by atoms with E-state index in [1.807, 2.05) is 18.3 Å². The van der Waals surface area contributed by atoms with Crippen LogP contribution >= 0.6 is 0 Å². The van der Waals surface area contributed by atoms with Gasteiger partial charge in [-0.3, -0.25) is 19.4 Å². The Balaban J connectivity index is 0.000000517. The minimum atomic E-state index is -5.08. The minimum Gasteiger partial charge on any atom is -0.475 e. The highest BCUT2D eigenvalue weighted by atomic mass is 32.2. The zero-order valence-corrected chi connectivity index (χ0v) is 22.7. The molecule has 17 heteroatoms.